The van der Waals surface area contributed by atoms with Crippen LogP contribution in [0.15, 0.2) is 12.3 Å². The number of aryl methyl sites for hydroxylation is 1. The topological polar surface area (TPSA) is 70.4 Å². The van der Waals surface area contributed by atoms with E-state index in [1.165, 1.54) is 13.1 Å². The number of aliphatic hydroxyl groups excluding tert-OH is 2. The van der Waals surface area contributed by atoms with Gasteiger partial charge in [-0.15, -0.1) is 0 Å². The summed E-state index contributed by atoms with van der Waals surface area (Å²) in [5.41, 5.74) is 1.15. The molecule has 0 saturated heterocycles. The van der Waals surface area contributed by atoms with Gasteiger partial charge in [0.2, 0.25) is 0 Å². The SMILES string of the molecule is CC(=O)SCCC(O)C(O)c1ncc(Cl)cc1C. The maximum Gasteiger partial charge on any atom is 0.185 e. The van der Waals surface area contributed by atoms with Gasteiger partial charge in [0.1, 0.15) is 6.10 Å². The van der Waals surface area contributed by atoms with E-state index in [2.05, 4.69) is 4.98 Å². The molecule has 1 aromatic rings. The third kappa shape index (κ3) is 4.57. The molecule has 0 bridgehead atoms. The van der Waals surface area contributed by atoms with Gasteiger partial charge in [-0.05, 0) is 25.0 Å². The first kappa shape index (κ1) is 15.4. The summed E-state index contributed by atoms with van der Waals surface area (Å²) < 4.78 is 0. The van der Waals surface area contributed by atoms with Gasteiger partial charge in [-0.2, -0.15) is 0 Å². The van der Waals surface area contributed by atoms with Crippen LogP contribution in [0.25, 0.3) is 0 Å². The summed E-state index contributed by atoms with van der Waals surface area (Å²) in [5, 5.41) is 20.3. The average molecular weight is 290 g/mol. The van der Waals surface area contributed by atoms with Crippen LogP contribution in [0.1, 0.15) is 30.7 Å². The normalized spacial score (nSPS) is 14.3. The summed E-state index contributed by atoms with van der Waals surface area (Å²) in [6, 6.07) is 1.68. The Labute approximate surface area is 115 Å². The van der Waals surface area contributed by atoms with Crippen molar-refractivity contribution in [3.05, 3.63) is 28.5 Å². The molecule has 1 rings (SSSR count). The summed E-state index contributed by atoms with van der Waals surface area (Å²) in [6.07, 6.45) is -0.238. The van der Waals surface area contributed by atoms with Crippen LogP contribution in [0.4, 0.5) is 0 Å². The summed E-state index contributed by atoms with van der Waals surface area (Å²) >= 11 is 6.90. The number of hydrogen-bond donors (Lipinski definition) is 2. The van der Waals surface area contributed by atoms with Gasteiger partial charge in [-0.25, -0.2) is 0 Å². The minimum absolute atomic E-state index is 0.00233. The van der Waals surface area contributed by atoms with Gasteiger partial charge >= 0.3 is 0 Å². The number of aromatic nitrogens is 1. The van der Waals surface area contributed by atoms with E-state index in [9.17, 15) is 15.0 Å². The van der Waals surface area contributed by atoms with Gasteiger partial charge in [0, 0.05) is 18.9 Å². The third-order valence-electron chi connectivity index (χ3n) is 2.45. The number of hydrogen-bond acceptors (Lipinski definition) is 5. The summed E-state index contributed by atoms with van der Waals surface area (Å²) in [7, 11) is 0. The third-order valence-corrected chi connectivity index (χ3v) is 3.50. The highest BCUT2D eigenvalue weighted by atomic mass is 35.5. The van der Waals surface area contributed by atoms with Crippen LogP contribution in [0.2, 0.25) is 5.02 Å². The maximum absolute atomic E-state index is 10.7. The van der Waals surface area contributed by atoms with Crippen LogP contribution in [-0.4, -0.2) is 32.2 Å². The van der Waals surface area contributed by atoms with Crippen LogP contribution in [0, 0.1) is 6.92 Å². The van der Waals surface area contributed by atoms with Crippen LogP contribution in [-0.2, 0) is 4.79 Å². The molecule has 2 atom stereocenters. The van der Waals surface area contributed by atoms with Crippen molar-refractivity contribution in [1.82, 2.24) is 4.98 Å². The molecule has 0 aliphatic carbocycles. The largest absolute Gasteiger partial charge is 0.390 e. The molecule has 0 aliphatic heterocycles. The van der Waals surface area contributed by atoms with Crippen molar-refractivity contribution in [3.8, 4) is 0 Å². The summed E-state index contributed by atoms with van der Waals surface area (Å²) in [5.74, 6) is 0.472. The Bertz CT molecular complexity index is 428. The first-order chi connectivity index (χ1) is 8.41. The fourth-order valence-electron chi connectivity index (χ4n) is 1.52. The molecule has 0 aliphatic rings. The Hall–Kier alpha value is -0.620. The van der Waals surface area contributed by atoms with E-state index in [1.54, 1.807) is 13.0 Å². The van der Waals surface area contributed by atoms with E-state index in [4.69, 9.17) is 11.6 Å². The number of rotatable bonds is 5. The molecule has 2 unspecified atom stereocenters. The zero-order chi connectivity index (χ0) is 13.7. The van der Waals surface area contributed by atoms with Crippen LogP contribution >= 0.6 is 23.4 Å². The average Bonchev–Trinajstić information content (AvgIpc) is 2.27. The molecular formula is C12H16ClNO3S. The fourth-order valence-corrected chi connectivity index (χ4v) is 2.38. The van der Waals surface area contributed by atoms with E-state index < -0.39 is 12.2 Å². The van der Waals surface area contributed by atoms with Crippen LogP contribution in [0.3, 0.4) is 0 Å². The Kier molecular flexibility index (Phi) is 6.08. The minimum Gasteiger partial charge on any atom is -0.390 e. The van der Waals surface area contributed by atoms with E-state index in [0.29, 0.717) is 22.9 Å². The van der Waals surface area contributed by atoms with Gasteiger partial charge in [-0.3, -0.25) is 9.78 Å². The lowest BCUT2D eigenvalue weighted by Gasteiger charge is -2.18. The highest BCUT2D eigenvalue weighted by Gasteiger charge is 2.21. The van der Waals surface area contributed by atoms with Crippen molar-refractivity contribution in [2.75, 3.05) is 5.75 Å². The molecule has 0 fully saturated rings. The first-order valence-electron chi connectivity index (χ1n) is 5.53. The molecule has 0 aromatic carbocycles. The monoisotopic (exact) mass is 289 g/mol. The van der Waals surface area contributed by atoms with Gasteiger partial charge in [-0.1, -0.05) is 23.4 Å². The molecular weight excluding hydrogens is 274 g/mol. The molecule has 100 valence electrons. The molecule has 6 heteroatoms. The second kappa shape index (κ2) is 7.09. The molecule has 0 radical (unpaired) electrons. The van der Waals surface area contributed by atoms with E-state index >= 15 is 0 Å². The van der Waals surface area contributed by atoms with E-state index in [0.717, 1.165) is 17.3 Å². The Balaban J connectivity index is 2.62. The molecule has 1 aromatic heterocycles. The molecule has 2 N–H and O–H groups in total. The number of carbonyl (C=O) groups excluding carboxylic acids is 1. The molecule has 0 spiro atoms. The zero-order valence-corrected chi connectivity index (χ0v) is 11.8. The summed E-state index contributed by atoms with van der Waals surface area (Å²) in [4.78, 5) is 14.8. The molecule has 1 heterocycles. The molecule has 4 nitrogen and oxygen atoms in total. The fraction of sp³-hybridized carbons (Fsp3) is 0.500. The second-order valence-corrected chi connectivity index (χ2v) is 5.70. The van der Waals surface area contributed by atoms with Gasteiger partial charge < -0.3 is 10.2 Å². The quantitative estimate of drug-likeness (QED) is 0.869. The van der Waals surface area contributed by atoms with Gasteiger partial charge in [0.05, 0.1) is 16.8 Å². The van der Waals surface area contributed by atoms with Crippen LogP contribution in [0.5, 0.6) is 0 Å². The minimum atomic E-state index is -1.06. The maximum atomic E-state index is 10.7. The number of aliphatic hydroxyl groups is 2. The lowest BCUT2D eigenvalue weighted by molar-refractivity contribution is -0.109. The zero-order valence-electron chi connectivity index (χ0n) is 10.3. The van der Waals surface area contributed by atoms with Crippen molar-refractivity contribution in [3.63, 3.8) is 0 Å². The highest BCUT2D eigenvalue weighted by Crippen LogP contribution is 2.23. The predicted molar refractivity (Wildman–Crippen MR) is 72.7 cm³/mol. The van der Waals surface area contributed by atoms with Crippen molar-refractivity contribution in [2.45, 2.75) is 32.5 Å². The Morgan fingerprint density at radius 3 is 2.78 bits per heavy atom. The molecule has 0 saturated carbocycles. The Morgan fingerprint density at radius 1 is 1.56 bits per heavy atom. The number of nitrogens with zero attached hydrogens (tertiary/aromatic N) is 1. The van der Waals surface area contributed by atoms with Crippen molar-refractivity contribution >= 4 is 28.5 Å². The van der Waals surface area contributed by atoms with Gasteiger partial charge in [0.15, 0.2) is 5.12 Å². The molecule has 0 amide bonds. The second-order valence-electron chi connectivity index (χ2n) is 4.00. The molecule has 18 heavy (non-hydrogen) atoms. The van der Waals surface area contributed by atoms with Crippen molar-refractivity contribution in [1.29, 1.82) is 0 Å². The van der Waals surface area contributed by atoms with Crippen molar-refractivity contribution in [2.24, 2.45) is 0 Å². The lowest BCUT2D eigenvalue weighted by atomic mass is 10.0. The standard InChI is InChI=1S/C12H16ClNO3S/c1-7-5-9(13)6-14-11(7)12(17)10(16)3-4-18-8(2)15/h5-6,10,12,16-17H,3-4H2,1-2H3. The van der Waals surface area contributed by atoms with Crippen LogP contribution < -0.4 is 0 Å². The summed E-state index contributed by atoms with van der Waals surface area (Å²) in [6.45, 7) is 3.24. The Morgan fingerprint density at radius 2 is 2.22 bits per heavy atom. The van der Waals surface area contributed by atoms with E-state index in [-0.39, 0.29) is 5.12 Å². The van der Waals surface area contributed by atoms with Crippen molar-refractivity contribution < 1.29 is 15.0 Å². The van der Waals surface area contributed by atoms with Gasteiger partial charge in [0.25, 0.3) is 0 Å². The first-order valence-corrected chi connectivity index (χ1v) is 6.89. The number of pyridine rings is 1. The smallest absolute Gasteiger partial charge is 0.185 e. The number of thioether (sulfide) groups is 1. The lowest BCUT2D eigenvalue weighted by Crippen LogP contribution is -2.21. The van der Waals surface area contributed by atoms with E-state index in [1.807, 2.05) is 0 Å². The predicted octanol–water partition coefficient (Wildman–Crippen LogP) is 2.11. The number of halogens is 1. The number of carbonyl (C=O) groups is 1. The highest BCUT2D eigenvalue weighted by molar-refractivity contribution is 8.13.